The zero-order chi connectivity index (χ0) is 20.6. The van der Waals surface area contributed by atoms with Crippen LogP contribution in [-0.4, -0.2) is 35.4 Å². The highest BCUT2D eigenvalue weighted by Gasteiger charge is 2.34. The Kier molecular flexibility index (Phi) is 9.87. The van der Waals surface area contributed by atoms with Crippen molar-refractivity contribution in [2.24, 2.45) is 11.7 Å². The fraction of sp³-hybridized carbons (Fsp3) is 0. The molecular formula is C6H12N12O9. The smallest absolute Gasteiger partial charge is 0.426 e. The normalized spacial score (nSPS) is 8.89. The number of aromatic nitrogens is 4. The molecule has 0 amide bonds. The van der Waals surface area contributed by atoms with Crippen LogP contribution in [0.5, 0.6) is 0 Å². The Hall–Kier alpha value is -4.18. The van der Waals surface area contributed by atoms with E-state index in [1.165, 1.54) is 0 Å². The maximum atomic E-state index is 10.9. The van der Waals surface area contributed by atoms with E-state index >= 15 is 0 Å². The molecule has 0 aliphatic rings. The first-order chi connectivity index (χ1) is 12.3. The summed E-state index contributed by atoms with van der Waals surface area (Å²) in [6, 6.07) is 0. The number of hydrogen-bond donors (Lipinski definition) is 4. The van der Waals surface area contributed by atoms with Crippen LogP contribution in [0.3, 0.4) is 0 Å². The zero-order valence-corrected chi connectivity index (χ0v) is 12.9. The molecule has 0 saturated heterocycles. The second kappa shape index (κ2) is 10.6. The Morgan fingerprint density at radius 1 is 0.667 bits per heavy atom. The van der Waals surface area contributed by atoms with Gasteiger partial charge in [0, 0.05) is 0 Å². The van der Waals surface area contributed by atoms with Crippen LogP contribution in [0.1, 0.15) is 0 Å². The van der Waals surface area contributed by atoms with Crippen LogP contribution in [0.4, 0.5) is 23.0 Å². The summed E-state index contributed by atoms with van der Waals surface area (Å²) in [7, 11) is 0. The first-order valence-electron chi connectivity index (χ1n) is 5.72. The Morgan fingerprint density at radius 2 is 0.926 bits per heavy atom. The average Bonchev–Trinajstić information content (AvgIpc) is 3.22. The molecule has 0 fully saturated rings. The fourth-order valence-electron chi connectivity index (χ4n) is 1.50. The quantitative estimate of drug-likeness (QED) is 0.209. The van der Waals surface area contributed by atoms with Gasteiger partial charge in [-0.1, -0.05) is 0 Å². The van der Waals surface area contributed by atoms with Gasteiger partial charge in [-0.3, -0.25) is 31.9 Å². The summed E-state index contributed by atoms with van der Waals surface area (Å²) >= 11 is 0. The molecule has 12 N–H and O–H groups in total. The molecular weight excluding hydrogens is 384 g/mol. The molecule has 0 unspecified atom stereocenters. The molecule has 0 aliphatic carbocycles. The summed E-state index contributed by atoms with van der Waals surface area (Å²) in [6.45, 7) is 0. The Balaban J connectivity index is 0. The van der Waals surface area contributed by atoms with Crippen LogP contribution >= 0.6 is 0 Å². The largest absolute Gasteiger partial charge is 0.449 e. The molecule has 0 atom stereocenters. The topological polar surface area (TPSA) is 365 Å². The Labute approximate surface area is 145 Å². The molecule has 0 bridgehead atoms. The summed E-state index contributed by atoms with van der Waals surface area (Å²) in [4.78, 5) is 38.0. The lowest BCUT2D eigenvalue weighted by Gasteiger charge is -2.03. The molecule has 2 aromatic rings. The van der Waals surface area contributed by atoms with Gasteiger partial charge in [-0.2, -0.15) is 11.7 Å². The number of quaternary nitrogens is 2. The minimum atomic E-state index is -1.28. The molecule has 0 aromatic carbocycles. The highest BCUT2D eigenvalue weighted by atomic mass is 16.6. The lowest BCUT2D eigenvalue weighted by atomic mass is 10.2. The van der Waals surface area contributed by atoms with Crippen molar-refractivity contribution in [1.82, 2.24) is 20.4 Å². The minimum Gasteiger partial charge on any atom is -0.449 e. The van der Waals surface area contributed by atoms with Crippen LogP contribution in [0.15, 0.2) is 0 Å². The van der Waals surface area contributed by atoms with Crippen LogP contribution in [0.25, 0.3) is 11.4 Å². The summed E-state index contributed by atoms with van der Waals surface area (Å²) in [6.07, 6.45) is 0. The molecule has 27 heavy (non-hydrogen) atoms. The number of nitrogens with zero attached hydrogens (tertiary/aromatic N) is 8. The van der Waals surface area contributed by atoms with Crippen molar-refractivity contribution < 1.29 is 36.9 Å². The van der Waals surface area contributed by atoms with Gasteiger partial charge in [-0.25, -0.2) is 0 Å². The third-order valence-corrected chi connectivity index (χ3v) is 2.30. The number of rotatable bonds is 5. The molecule has 0 aliphatic heterocycles. The second-order valence-corrected chi connectivity index (χ2v) is 3.47. The molecule has 2 aromatic heterocycles. The Morgan fingerprint density at radius 3 is 1.11 bits per heavy atom. The maximum Gasteiger partial charge on any atom is 0.426 e. The van der Waals surface area contributed by atoms with Crippen molar-refractivity contribution in [2.45, 2.75) is 0 Å². The molecule has 150 valence electrons. The fourth-order valence-corrected chi connectivity index (χ4v) is 1.50. The van der Waals surface area contributed by atoms with E-state index in [1.807, 2.05) is 0 Å². The molecule has 0 spiro atoms. The van der Waals surface area contributed by atoms with E-state index in [4.69, 9.17) is 0 Å². The van der Waals surface area contributed by atoms with Crippen LogP contribution in [-0.2, 0) is 0 Å². The highest BCUT2D eigenvalue weighted by Crippen LogP contribution is 2.40. The van der Waals surface area contributed by atoms with Gasteiger partial charge in [0.15, 0.2) is 0 Å². The van der Waals surface area contributed by atoms with Gasteiger partial charge in [0.1, 0.15) is 0 Å². The second-order valence-electron chi connectivity index (χ2n) is 3.47. The van der Waals surface area contributed by atoms with Crippen molar-refractivity contribution in [1.29, 1.82) is 0 Å². The molecule has 0 radical (unpaired) electrons. The van der Waals surface area contributed by atoms with Crippen LogP contribution in [0, 0.1) is 40.5 Å². The van der Waals surface area contributed by atoms with E-state index in [2.05, 4.69) is 43.8 Å². The summed E-state index contributed by atoms with van der Waals surface area (Å²) in [5.41, 5.74) is -4.46. The first-order valence-corrected chi connectivity index (χ1v) is 5.72. The first kappa shape index (κ1) is 25.1. The van der Waals surface area contributed by atoms with Gasteiger partial charge < -0.3 is 35.9 Å². The van der Waals surface area contributed by atoms with Crippen molar-refractivity contribution in [3.63, 3.8) is 0 Å². The Bertz CT molecular complexity index is 757. The summed E-state index contributed by atoms with van der Waals surface area (Å²) in [5.74, 6) is 11.4. The molecule has 2 heterocycles. The molecule has 2 rings (SSSR count). The molecule has 0 saturated carbocycles. The van der Waals surface area contributed by atoms with E-state index in [9.17, 15) is 40.5 Å². The van der Waals surface area contributed by atoms with Gasteiger partial charge in [0.2, 0.25) is 0 Å². The van der Waals surface area contributed by atoms with Crippen molar-refractivity contribution in [3.05, 3.63) is 40.5 Å². The predicted molar refractivity (Wildman–Crippen MR) is 78.5 cm³/mol. The zero-order valence-electron chi connectivity index (χ0n) is 12.9. The van der Waals surface area contributed by atoms with Gasteiger partial charge in [0.25, 0.3) is 0 Å². The van der Waals surface area contributed by atoms with Gasteiger partial charge in [0.05, 0.1) is 9.85 Å². The summed E-state index contributed by atoms with van der Waals surface area (Å²) < 4.78 is 0. The predicted octanol–water partition coefficient (Wildman–Crippen LogP) is -4.93. The monoisotopic (exact) mass is 396 g/mol. The third kappa shape index (κ3) is 4.90. The van der Waals surface area contributed by atoms with Gasteiger partial charge in [-0.05, 0) is 21.2 Å². The lowest BCUT2D eigenvalue weighted by molar-refractivity contribution is -0.425. The SMILES string of the molecule is N[NH3+].N[NH3+].O.O=[N+]([O-])c1n[n-]c(-c2[n-]nc([N+](=O)[O-])c2[N+](=O)[O-])c1[N+](=O)[O-]. The highest BCUT2D eigenvalue weighted by molar-refractivity contribution is 5.80. The van der Waals surface area contributed by atoms with E-state index in [0.717, 1.165) is 0 Å². The number of hydrogen-bond acceptors (Lipinski definition) is 12. The third-order valence-electron chi connectivity index (χ3n) is 2.30. The van der Waals surface area contributed by atoms with Crippen molar-refractivity contribution >= 4 is 23.0 Å². The number of nitro groups is 4. The van der Waals surface area contributed by atoms with Crippen molar-refractivity contribution in [2.75, 3.05) is 0 Å². The van der Waals surface area contributed by atoms with Crippen LogP contribution in [0.2, 0.25) is 0 Å². The van der Waals surface area contributed by atoms with E-state index in [1.54, 1.807) is 0 Å². The van der Waals surface area contributed by atoms with E-state index in [-0.39, 0.29) is 5.48 Å². The lowest BCUT2D eigenvalue weighted by Crippen LogP contribution is -2.59. The van der Waals surface area contributed by atoms with E-state index in [0.29, 0.717) is 0 Å². The standard InChI is InChI=1S/C6N8O8.2H4N2.H2O/c15-11(16)3-1(7-9-5(3)13(19)20)2-4(12(17)18)6(10-8-2)14(21)22;2*1-2;/h;2*1-2H2;1H2/q-2;;;/p+2. The van der Waals surface area contributed by atoms with Crippen LogP contribution < -0.4 is 33.6 Å². The van der Waals surface area contributed by atoms with Gasteiger partial charge >= 0.3 is 23.0 Å². The van der Waals surface area contributed by atoms with E-state index < -0.39 is 54.1 Å². The number of nitrogens with two attached hydrogens (primary N) is 2. The minimum absolute atomic E-state index is 0. The molecule has 21 nitrogen and oxygen atoms in total. The summed E-state index contributed by atoms with van der Waals surface area (Å²) in [5, 5.41) is 55.0. The maximum absolute atomic E-state index is 10.9. The molecule has 21 heteroatoms. The van der Waals surface area contributed by atoms with Crippen molar-refractivity contribution in [3.8, 4) is 11.4 Å². The van der Waals surface area contributed by atoms with Gasteiger partial charge in [-0.15, -0.1) is 10.2 Å². The average molecular weight is 396 g/mol.